The Bertz CT molecular complexity index is 868. The van der Waals surface area contributed by atoms with E-state index in [9.17, 15) is 9.90 Å². The van der Waals surface area contributed by atoms with Crippen molar-refractivity contribution < 1.29 is 9.90 Å². The third-order valence-corrected chi connectivity index (χ3v) is 4.65. The minimum atomic E-state index is -0.271. The molecule has 4 rings (SSSR count). The second kappa shape index (κ2) is 5.56. The molecule has 116 valence electrons. The van der Waals surface area contributed by atoms with Crippen LogP contribution in [0.15, 0.2) is 54.7 Å². The van der Waals surface area contributed by atoms with E-state index in [1.165, 1.54) is 5.56 Å². The average molecular weight is 306 g/mol. The number of aliphatic hydroxyl groups excluding tert-OH is 1. The number of nitrogens with one attached hydrogen (secondary N) is 1. The first-order valence-electron chi connectivity index (χ1n) is 7.84. The van der Waals surface area contributed by atoms with Crippen LogP contribution >= 0.6 is 0 Å². The van der Waals surface area contributed by atoms with E-state index < -0.39 is 0 Å². The monoisotopic (exact) mass is 306 g/mol. The molecule has 0 aliphatic carbocycles. The van der Waals surface area contributed by atoms with Gasteiger partial charge in [-0.3, -0.25) is 4.79 Å². The van der Waals surface area contributed by atoms with E-state index in [2.05, 4.69) is 11.1 Å². The fourth-order valence-electron chi connectivity index (χ4n) is 3.44. The Kier molecular flexibility index (Phi) is 3.39. The zero-order valence-corrected chi connectivity index (χ0v) is 12.7. The number of hydrogen-bond donors (Lipinski definition) is 2. The maximum absolute atomic E-state index is 12.9. The van der Waals surface area contributed by atoms with Crippen molar-refractivity contribution in [1.82, 2.24) is 9.88 Å². The number of carbonyl (C=O) groups is 1. The van der Waals surface area contributed by atoms with Crippen molar-refractivity contribution in [1.29, 1.82) is 0 Å². The summed E-state index contributed by atoms with van der Waals surface area (Å²) in [4.78, 5) is 17.9. The Morgan fingerprint density at radius 2 is 2.09 bits per heavy atom. The van der Waals surface area contributed by atoms with Crippen molar-refractivity contribution in [2.24, 2.45) is 0 Å². The van der Waals surface area contributed by atoms with Crippen molar-refractivity contribution >= 4 is 16.8 Å². The molecule has 0 saturated carbocycles. The summed E-state index contributed by atoms with van der Waals surface area (Å²) < 4.78 is 0. The van der Waals surface area contributed by atoms with Gasteiger partial charge in [0.25, 0.3) is 5.91 Å². The van der Waals surface area contributed by atoms with Gasteiger partial charge in [0.2, 0.25) is 0 Å². The van der Waals surface area contributed by atoms with Crippen molar-refractivity contribution in [3.63, 3.8) is 0 Å². The number of aromatic amines is 1. The molecule has 0 unspecified atom stereocenters. The van der Waals surface area contributed by atoms with Gasteiger partial charge in [-0.15, -0.1) is 0 Å². The highest BCUT2D eigenvalue weighted by Gasteiger charge is 2.30. The number of hydrogen-bond acceptors (Lipinski definition) is 2. The Balaban J connectivity index is 1.70. The summed E-state index contributed by atoms with van der Waals surface area (Å²) in [5.74, 6) is -0.0324. The summed E-state index contributed by atoms with van der Waals surface area (Å²) in [7, 11) is 0. The van der Waals surface area contributed by atoms with Crippen LogP contribution in [0.5, 0.6) is 0 Å². The topological polar surface area (TPSA) is 56.3 Å². The molecule has 2 aromatic carbocycles. The minimum absolute atomic E-state index is 0.0324. The maximum Gasteiger partial charge on any atom is 0.254 e. The summed E-state index contributed by atoms with van der Waals surface area (Å²) in [6, 6.07) is 15.4. The number of fused-ring (bicyclic) bond motifs is 2. The van der Waals surface area contributed by atoms with Gasteiger partial charge in [-0.25, -0.2) is 0 Å². The number of aromatic nitrogens is 1. The molecular formula is C19H18N2O2. The van der Waals surface area contributed by atoms with Gasteiger partial charge in [-0.2, -0.15) is 0 Å². The molecule has 2 heterocycles. The Hall–Kier alpha value is -2.59. The van der Waals surface area contributed by atoms with Crippen molar-refractivity contribution in [2.75, 3.05) is 13.2 Å². The molecule has 4 nitrogen and oxygen atoms in total. The van der Waals surface area contributed by atoms with Gasteiger partial charge in [0, 0.05) is 23.8 Å². The molecule has 1 aliphatic heterocycles. The normalized spacial score (nSPS) is 17.3. The van der Waals surface area contributed by atoms with Gasteiger partial charge in [-0.05, 0) is 41.1 Å². The lowest BCUT2D eigenvalue weighted by molar-refractivity contribution is 0.0569. The first-order chi connectivity index (χ1) is 11.3. The minimum Gasteiger partial charge on any atom is -0.394 e. The van der Waals surface area contributed by atoms with Crippen LogP contribution in [-0.4, -0.2) is 34.0 Å². The summed E-state index contributed by atoms with van der Waals surface area (Å²) in [6.07, 6.45) is 2.69. The summed E-state index contributed by atoms with van der Waals surface area (Å²) >= 11 is 0. The maximum atomic E-state index is 12.9. The third kappa shape index (κ3) is 2.32. The lowest BCUT2D eigenvalue weighted by Gasteiger charge is -2.36. The number of rotatable bonds is 2. The molecule has 4 heteroatoms. The van der Waals surface area contributed by atoms with Crippen LogP contribution in [0.2, 0.25) is 0 Å². The van der Waals surface area contributed by atoms with Gasteiger partial charge in [-0.1, -0.05) is 30.3 Å². The van der Waals surface area contributed by atoms with Gasteiger partial charge >= 0.3 is 0 Å². The van der Waals surface area contributed by atoms with Crippen molar-refractivity contribution in [3.8, 4) is 0 Å². The lowest BCUT2D eigenvalue weighted by atomic mass is 9.92. The molecule has 0 fully saturated rings. The lowest BCUT2D eigenvalue weighted by Crippen LogP contribution is -2.41. The van der Waals surface area contributed by atoms with Gasteiger partial charge in [0.15, 0.2) is 0 Å². The summed E-state index contributed by atoms with van der Waals surface area (Å²) in [6.45, 7) is 0.567. The molecule has 0 saturated heterocycles. The van der Waals surface area contributed by atoms with E-state index in [0.29, 0.717) is 12.1 Å². The predicted octanol–water partition coefficient (Wildman–Crippen LogP) is 2.90. The number of H-pyrrole nitrogens is 1. The molecule has 1 amide bonds. The average Bonchev–Trinajstić information content (AvgIpc) is 3.07. The largest absolute Gasteiger partial charge is 0.394 e. The van der Waals surface area contributed by atoms with Crippen LogP contribution < -0.4 is 0 Å². The Labute approximate surface area is 134 Å². The van der Waals surface area contributed by atoms with Crippen LogP contribution in [0.1, 0.15) is 27.5 Å². The predicted molar refractivity (Wildman–Crippen MR) is 89.3 cm³/mol. The molecule has 0 radical (unpaired) electrons. The standard InChI is InChI=1S/C19H18N2O2/c22-12-18-16-4-2-1-3-13(16)8-10-21(18)19(23)15-6-5-14-7-9-20-17(14)11-15/h1-7,9,11,18,20,22H,8,10,12H2/t18-/m0/s1. The second-order valence-electron chi connectivity index (χ2n) is 5.93. The van der Waals surface area contributed by atoms with Gasteiger partial charge in [0.1, 0.15) is 0 Å². The molecular weight excluding hydrogens is 288 g/mol. The van der Waals surface area contributed by atoms with E-state index in [-0.39, 0.29) is 18.6 Å². The highest BCUT2D eigenvalue weighted by Crippen LogP contribution is 2.30. The summed E-state index contributed by atoms with van der Waals surface area (Å²) in [5, 5.41) is 10.9. The zero-order valence-electron chi connectivity index (χ0n) is 12.7. The number of carbonyl (C=O) groups excluding carboxylic acids is 1. The van der Waals surface area contributed by atoms with Crippen LogP contribution in [0.4, 0.5) is 0 Å². The molecule has 1 atom stereocenters. The third-order valence-electron chi connectivity index (χ3n) is 4.65. The molecule has 2 N–H and O–H groups in total. The van der Waals surface area contributed by atoms with Crippen molar-refractivity contribution in [2.45, 2.75) is 12.5 Å². The Morgan fingerprint density at radius 1 is 1.22 bits per heavy atom. The van der Waals surface area contributed by atoms with E-state index in [1.807, 2.05) is 48.7 Å². The SMILES string of the molecule is O=C(c1ccc2cc[nH]c2c1)N1CCc2ccccc2[C@@H]1CO. The quantitative estimate of drug-likeness (QED) is 0.765. The molecule has 3 aromatic rings. The first-order valence-corrected chi connectivity index (χ1v) is 7.84. The zero-order chi connectivity index (χ0) is 15.8. The van der Waals surface area contributed by atoms with Crippen molar-refractivity contribution in [3.05, 3.63) is 71.4 Å². The van der Waals surface area contributed by atoms with Gasteiger partial charge in [0.05, 0.1) is 12.6 Å². The van der Waals surface area contributed by atoms with Crippen LogP contribution in [0.3, 0.4) is 0 Å². The summed E-state index contributed by atoms with van der Waals surface area (Å²) in [5.41, 5.74) is 3.87. The number of amides is 1. The fraction of sp³-hybridized carbons (Fsp3) is 0.211. The van der Waals surface area contributed by atoms with E-state index >= 15 is 0 Å². The smallest absolute Gasteiger partial charge is 0.254 e. The molecule has 1 aliphatic rings. The van der Waals surface area contributed by atoms with E-state index in [1.54, 1.807) is 4.90 Å². The highest BCUT2D eigenvalue weighted by molar-refractivity contribution is 5.98. The van der Waals surface area contributed by atoms with Crippen LogP contribution in [-0.2, 0) is 6.42 Å². The molecule has 1 aromatic heterocycles. The van der Waals surface area contributed by atoms with E-state index in [0.717, 1.165) is 22.9 Å². The fourth-order valence-corrected chi connectivity index (χ4v) is 3.44. The number of aliphatic hydroxyl groups is 1. The van der Waals surface area contributed by atoms with Gasteiger partial charge < -0.3 is 15.0 Å². The van der Waals surface area contributed by atoms with E-state index in [4.69, 9.17) is 0 Å². The molecule has 0 spiro atoms. The number of benzene rings is 2. The molecule has 0 bridgehead atoms. The number of nitrogens with zero attached hydrogens (tertiary/aromatic N) is 1. The van der Waals surface area contributed by atoms with Crippen LogP contribution in [0.25, 0.3) is 10.9 Å². The van der Waals surface area contributed by atoms with Crippen LogP contribution in [0, 0.1) is 0 Å². The molecule has 23 heavy (non-hydrogen) atoms. The second-order valence-corrected chi connectivity index (χ2v) is 5.93. The highest BCUT2D eigenvalue weighted by atomic mass is 16.3. The Morgan fingerprint density at radius 3 is 2.96 bits per heavy atom. The first kappa shape index (κ1) is 14.0.